The van der Waals surface area contributed by atoms with E-state index in [1.165, 1.54) is 7.11 Å². The summed E-state index contributed by atoms with van der Waals surface area (Å²) < 4.78 is 10.4. The van der Waals surface area contributed by atoms with E-state index >= 15 is 0 Å². The number of methoxy groups -OCH3 is 2. The Balaban J connectivity index is 2.75. The second-order valence-electron chi connectivity index (χ2n) is 4.87. The first kappa shape index (κ1) is 17.6. The van der Waals surface area contributed by atoms with Gasteiger partial charge in [0, 0.05) is 6.54 Å². The van der Waals surface area contributed by atoms with Gasteiger partial charge in [-0.15, -0.1) is 11.6 Å². The van der Waals surface area contributed by atoms with Crippen molar-refractivity contribution in [3.63, 3.8) is 0 Å². The van der Waals surface area contributed by atoms with Gasteiger partial charge < -0.3 is 14.8 Å². The zero-order valence-corrected chi connectivity index (χ0v) is 13.9. The molecule has 5 heteroatoms. The van der Waals surface area contributed by atoms with Crippen LogP contribution in [0.3, 0.4) is 0 Å². The molecule has 21 heavy (non-hydrogen) atoms. The van der Waals surface area contributed by atoms with Crippen LogP contribution in [0.5, 0.6) is 11.5 Å². The van der Waals surface area contributed by atoms with Gasteiger partial charge in [0.25, 0.3) is 5.91 Å². The van der Waals surface area contributed by atoms with Crippen molar-refractivity contribution in [2.45, 2.75) is 32.1 Å². The van der Waals surface area contributed by atoms with E-state index in [2.05, 4.69) is 19.2 Å². The Hall–Kier alpha value is -1.42. The van der Waals surface area contributed by atoms with Crippen molar-refractivity contribution in [1.82, 2.24) is 5.32 Å². The van der Waals surface area contributed by atoms with Crippen LogP contribution in [0.1, 0.15) is 37.0 Å². The molecule has 1 atom stereocenters. The van der Waals surface area contributed by atoms with Gasteiger partial charge >= 0.3 is 0 Å². The van der Waals surface area contributed by atoms with Gasteiger partial charge in [-0.3, -0.25) is 4.79 Å². The number of carbonyl (C=O) groups is 1. The molecule has 1 aromatic carbocycles. The first-order chi connectivity index (χ1) is 10.1. The molecule has 0 saturated heterocycles. The summed E-state index contributed by atoms with van der Waals surface area (Å²) in [4.78, 5) is 12.3. The van der Waals surface area contributed by atoms with Crippen molar-refractivity contribution in [3.8, 4) is 11.5 Å². The summed E-state index contributed by atoms with van der Waals surface area (Å²) in [5.41, 5.74) is 0.449. The lowest BCUT2D eigenvalue weighted by molar-refractivity contribution is 0.0948. The van der Waals surface area contributed by atoms with Crippen LogP contribution in [0, 0.1) is 5.92 Å². The summed E-state index contributed by atoms with van der Waals surface area (Å²) in [7, 11) is 3.10. The lowest BCUT2D eigenvalue weighted by atomic mass is 9.99. The fraction of sp³-hybridized carbons (Fsp3) is 0.562. The van der Waals surface area contributed by atoms with Crippen molar-refractivity contribution < 1.29 is 14.3 Å². The Bertz CT molecular complexity index is 461. The predicted octanol–water partition coefficient (Wildman–Crippen LogP) is 3.48. The van der Waals surface area contributed by atoms with Gasteiger partial charge in [0.15, 0.2) is 0 Å². The van der Waals surface area contributed by atoms with E-state index in [1.54, 1.807) is 25.3 Å². The van der Waals surface area contributed by atoms with Crippen LogP contribution in [-0.4, -0.2) is 32.0 Å². The highest BCUT2D eigenvalue weighted by Crippen LogP contribution is 2.24. The van der Waals surface area contributed by atoms with E-state index in [4.69, 9.17) is 21.1 Å². The number of hydrogen-bond acceptors (Lipinski definition) is 3. The lowest BCUT2D eigenvalue weighted by Crippen LogP contribution is -2.33. The minimum Gasteiger partial charge on any atom is -0.497 e. The monoisotopic (exact) mass is 313 g/mol. The summed E-state index contributed by atoms with van der Waals surface area (Å²) in [5.74, 6) is 1.33. The summed E-state index contributed by atoms with van der Waals surface area (Å²) in [6, 6.07) is 5.13. The summed E-state index contributed by atoms with van der Waals surface area (Å²) in [5, 5.41) is 2.80. The molecule has 1 aromatic rings. The van der Waals surface area contributed by atoms with Gasteiger partial charge in [0.2, 0.25) is 0 Å². The quantitative estimate of drug-likeness (QED) is 0.747. The number of carbonyl (C=O) groups excluding carboxylic acids is 1. The van der Waals surface area contributed by atoms with Crippen LogP contribution in [0.15, 0.2) is 18.2 Å². The Morgan fingerprint density at radius 2 is 1.90 bits per heavy atom. The first-order valence-electron chi connectivity index (χ1n) is 7.21. The minimum atomic E-state index is -0.206. The maximum Gasteiger partial charge on any atom is 0.255 e. The molecule has 4 nitrogen and oxygen atoms in total. The average Bonchev–Trinajstić information content (AvgIpc) is 2.52. The number of amides is 1. The molecule has 118 valence electrons. The molecule has 0 spiro atoms. The van der Waals surface area contributed by atoms with Crippen LogP contribution in [-0.2, 0) is 0 Å². The molecular formula is C16H24ClNO3. The van der Waals surface area contributed by atoms with Crippen molar-refractivity contribution in [1.29, 1.82) is 0 Å². The number of nitrogens with one attached hydrogen (secondary N) is 1. The molecule has 1 rings (SSSR count). The number of halogens is 1. The van der Waals surface area contributed by atoms with E-state index in [0.717, 1.165) is 12.8 Å². The Morgan fingerprint density at radius 3 is 2.43 bits per heavy atom. The van der Waals surface area contributed by atoms with Crippen LogP contribution < -0.4 is 14.8 Å². The summed E-state index contributed by atoms with van der Waals surface area (Å²) in [6.07, 6.45) is 2.01. The normalized spacial score (nSPS) is 12.1. The van der Waals surface area contributed by atoms with Gasteiger partial charge in [-0.05, 0) is 24.1 Å². The van der Waals surface area contributed by atoms with Crippen molar-refractivity contribution in [2.75, 3.05) is 20.8 Å². The van der Waals surface area contributed by atoms with Crippen molar-refractivity contribution in [3.05, 3.63) is 23.8 Å². The third-order valence-corrected chi connectivity index (χ3v) is 4.18. The zero-order valence-electron chi connectivity index (χ0n) is 13.1. The molecule has 1 N–H and O–H groups in total. The molecule has 0 bridgehead atoms. The van der Waals surface area contributed by atoms with E-state index in [-0.39, 0.29) is 11.3 Å². The SMILES string of the molecule is CCC(CC)C(Cl)CNC(=O)c1cc(OC)ccc1OC. The molecule has 0 radical (unpaired) electrons. The van der Waals surface area contributed by atoms with Crippen molar-refractivity contribution in [2.24, 2.45) is 5.92 Å². The zero-order chi connectivity index (χ0) is 15.8. The van der Waals surface area contributed by atoms with E-state index in [9.17, 15) is 4.79 Å². The topological polar surface area (TPSA) is 47.6 Å². The van der Waals surface area contributed by atoms with Crippen LogP contribution in [0.4, 0.5) is 0 Å². The standard InChI is InChI=1S/C16H24ClNO3/c1-5-11(6-2)14(17)10-18-16(19)13-9-12(20-3)7-8-15(13)21-4/h7-9,11,14H,5-6,10H2,1-4H3,(H,18,19). The van der Waals surface area contributed by atoms with Gasteiger partial charge in [0.1, 0.15) is 11.5 Å². The third-order valence-electron chi connectivity index (χ3n) is 3.67. The molecule has 0 aromatic heterocycles. The highest BCUT2D eigenvalue weighted by atomic mass is 35.5. The fourth-order valence-electron chi connectivity index (χ4n) is 2.24. The van der Waals surface area contributed by atoms with Gasteiger partial charge in [-0.2, -0.15) is 0 Å². The summed E-state index contributed by atoms with van der Waals surface area (Å²) in [6.45, 7) is 4.65. The highest BCUT2D eigenvalue weighted by molar-refractivity contribution is 6.21. The van der Waals surface area contributed by atoms with Crippen molar-refractivity contribution >= 4 is 17.5 Å². The molecular weight excluding hydrogens is 290 g/mol. The number of benzene rings is 1. The third kappa shape index (κ3) is 4.81. The predicted molar refractivity (Wildman–Crippen MR) is 85.6 cm³/mol. The maximum absolute atomic E-state index is 12.3. The average molecular weight is 314 g/mol. The molecule has 0 aliphatic heterocycles. The van der Waals surface area contributed by atoms with Gasteiger partial charge in [-0.25, -0.2) is 0 Å². The maximum atomic E-state index is 12.3. The molecule has 0 heterocycles. The Morgan fingerprint density at radius 1 is 1.24 bits per heavy atom. The number of alkyl halides is 1. The fourth-order valence-corrected chi connectivity index (χ4v) is 2.68. The molecule has 0 aliphatic rings. The summed E-state index contributed by atoms with van der Waals surface area (Å²) >= 11 is 6.34. The van der Waals surface area contributed by atoms with E-state index < -0.39 is 0 Å². The minimum absolute atomic E-state index is 0.0689. The van der Waals surface area contributed by atoms with Crippen LogP contribution >= 0.6 is 11.6 Å². The largest absolute Gasteiger partial charge is 0.497 e. The molecule has 0 fully saturated rings. The number of hydrogen-bond donors (Lipinski definition) is 1. The Labute approximate surface area is 131 Å². The first-order valence-corrected chi connectivity index (χ1v) is 7.65. The lowest BCUT2D eigenvalue weighted by Gasteiger charge is -2.20. The molecule has 1 unspecified atom stereocenters. The number of ether oxygens (including phenoxy) is 2. The highest BCUT2D eigenvalue weighted by Gasteiger charge is 2.19. The molecule has 0 saturated carbocycles. The van der Waals surface area contributed by atoms with Crippen LogP contribution in [0.25, 0.3) is 0 Å². The van der Waals surface area contributed by atoms with Crippen LogP contribution in [0.2, 0.25) is 0 Å². The van der Waals surface area contributed by atoms with Gasteiger partial charge in [0.05, 0.1) is 25.2 Å². The molecule has 1 amide bonds. The smallest absolute Gasteiger partial charge is 0.255 e. The Kier molecular flexibility index (Phi) is 7.37. The van der Waals surface area contributed by atoms with Gasteiger partial charge in [-0.1, -0.05) is 26.7 Å². The molecule has 0 aliphatic carbocycles. The number of rotatable bonds is 8. The van der Waals surface area contributed by atoms with E-state index in [0.29, 0.717) is 29.5 Å². The second kappa shape index (κ2) is 8.78. The van der Waals surface area contributed by atoms with E-state index in [1.807, 2.05) is 0 Å². The second-order valence-corrected chi connectivity index (χ2v) is 5.43.